The van der Waals surface area contributed by atoms with Crippen LogP contribution in [0.1, 0.15) is 39.5 Å². The molecule has 0 aliphatic carbocycles. The summed E-state index contributed by atoms with van der Waals surface area (Å²) in [6, 6.07) is 0.340. The van der Waals surface area contributed by atoms with Crippen LogP contribution in [-0.4, -0.2) is 46.8 Å². The van der Waals surface area contributed by atoms with Crippen LogP contribution in [0.5, 0.6) is 0 Å². The van der Waals surface area contributed by atoms with Gasteiger partial charge in [0, 0.05) is 21.2 Å². The minimum Gasteiger partial charge on any atom is -0.306 e. The summed E-state index contributed by atoms with van der Waals surface area (Å²) >= 11 is 0. The van der Waals surface area contributed by atoms with Crippen molar-refractivity contribution in [2.24, 2.45) is 4.36 Å². The van der Waals surface area contributed by atoms with Crippen molar-refractivity contribution in [1.29, 1.82) is 0 Å². The predicted octanol–water partition coefficient (Wildman–Crippen LogP) is 2.68. The molecule has 2 heterocycles. The van der Waals surface area contributed by atoms with E-state index in [9.17, 15) is 4.21 Å². The Morgan fingerprint density at radius 2 is 1.61 bits per heavy atom. The molecule has 2 aliphatic rings. The highest BCUT2D eigenvalue weighted by atomic mass is 32.2. The molecule has 104 valence electrons. The summed E-state index contributed by atoms with van der Waals surface area (Å²) in [5.74, 6) is 1.56. The monoisotopic (exact) mass is 270 g/mol. The van der Waals surface area contributed by atoms with Crippen LogP contribution in [0, 0.1) is 0 Å². The molecule has 0 N–H and O–H groups in total. The number of hydrogen-bond acceptors (Lipinski definition) is 3. The standard InChI is InChI=1S/C14H26N2OS/c1-12-6-10-18(17,11-7-13(12)2)15-14-4-8-16(3)9-5-14/h14H,4-11H2,1-3H3. The third kappa shape index (κ3) is 3.58. The van der Waals surface area contributed by atoms with E-state index in [0.29, 0.717) is 6.04 Å². The summed E-state index contributed by atoms with van der Waals surface area (Å²) in [5.41, 5.74) is 2.86. The van der Waals surface area contributed by atoms with Gasteiger partial charge >= 0.3 is 0 Å². The Bertz CT molecular complexity index is 417. The van der Waals surface area contributed by atoms with Crippen molar-refractivity contribution in [3.05, 3.63) is 11.1 Å². The number of allylic oxidation sites excluding steroid dienone is 2. The van der Waals surface area contributed by atoms with Crippen LogP contribution in [0.4, 0.5) is 0 Å². The Morgan fingerprint density at radius 3 is 2.11 bits per heavy atom. The van der Waals surface area contributed by atoms with Gasteiger partial charge in [0.05, 0.1) is 6.04 Å². The molecule has 1 saturated heterocycles. The molecule has 0 atom stereocenters. The quantitative estimate of drug-likeness (QED) is 0.686. The number of rotatable bonds is 1. The highest BCUT2D eigenvalue weighted by Gasteiger charge is 2.21. The Kier molecular flexibility index (Phi) is 4.49. The Labute approximate surface area is 112 Å². The lowest BCUT2D eigenvalue weighted by Crippen LogP contribution is -2.32. The number of piperidine rings is 1. The zero-order valence-electron chi connectivity index (χ0n) is 11.9. The molecular weight excluding hydrogens is 244 g/mol. The second-order valence-electron chi connectivity index (χ2n) is 5.88. The van der Waals surface area contributed by atoms with Gasteiger partial charge < -0.3 is 4.90 Å². The SMILES string of the molecule is CC1=C(C)CCS(=O)(=NC2CCN(C)CC2)CC1. The van der Waals surface area contributed by atoms with E-state index in [0.717, 1.165) is 50.3 Å². The Morgan fingerprint density at radius 1 is 1.11 bits per heavy atom. The summed E-state index contributed by atoms with van der Waals surface area (Å²) in [5, 5.41) is 0. The molecule has 0 amide bonds. The number of likely N-dealkylation sites (tertiary alicyclic amines) is 1. The van der Waals surface area contributed by atoms with E-state index in [1.165, 1.54) is 11.1 Å². The van der Waals surface area contributed by atoms with Crippen LogP contribution in [-0.2, 0) is 9.73 Å². The van der Waals surface area contributed by atoms with Crippen LogP contribution in [0.3, 0.4) is 0 Å². The summed E-state index contributed by atoms with van der Waals surface area (Å²) < 4.78 is 17.6. The van der Waals surface area contributed by atoms with Gasteiger partial charge in [-0.3, -0.25) is 0 Å². The molecule has 4 heteroatoms. The van der Waals surface area contributed by atoms with Crippen molar-refractivity contribution in [3.8, 4) is 0 Å². The van der Waals surface area contributed by atoms with Crippen LogP contribution in [0.25, 0.3) is 0 Å². The van der Waals surface area contributed by atoms with Gasteiger partial charge in [0.25, 0.3) is 0 Å². The fraction of sp³-hybridized carbons (Fsp3) is 0.857. The first-order chi connectivity index (χ1) is 8.48. The van der Waals surface area contributed by atoms with Crippen molar-refractivity contribution in [2.45, 2.75) is 45.6 Å². The zero-order valence-corrected chi connectivity index (χ0v) is 12.8. The van der Waals surface area contributed by atoms with Crippen molar-refractivity contribution in [1.82, 2.24) is 4.90 Å². The fourth-order valence-corrected chi connectivity index (χ4v) is 5.05. The first kappa shape index (κ1) is 14.1. The van der Waals surface area contributed by atoms with Gasteiger partial charge in [0.2, 0.25) is 0 Å². The summed E-state index contributed by atoms with van der Waals surface area (Å²) in [7, 11) is 0.206. The van der Waals surface area contributed by atoms with Gasteiger partial charge in [-0.15, -0.1) is 0 Å². The number of hydrogen-bond donors (Lipinski definition) is 0. The second-order valence-corrected chi connectivity index (χ2v) is 8.45. The highest BCUT2D eigenvalue weighted by Crippen LogP contribution is 2.22. The maximum Gasteiger partial charge on any atom is 0.0618 e. The Hall–Kier alpha value is -0.350. The predicted molar refractivity (Wildman–Crippen MR) is 78.4 cm³/mol. The molecule has 0 saturated carbocycles. The molecule has 2 aliphatic heterocycles. The van der Waals surface area contributed by atoms with Gasteiger partial charge in [-0.25, -0.2) is 8.57 Å². The molecule has 0 aromatic heterocycles. The van der Waals surface area contributed by atoms with E-state index < -0.39 is 9.73 Å². The molecule has 0 radical (unpaired) electrons. The molecule has 0 spiro atoms. The number of nitrogens with zero attached hydrogens (tertiary/aromatic N) is 2. The third-order valence-corrected chi connectivity index (χ3v) is 6.72. The minimum atomic E-state index is -1.94. The van der Waals surface area contributed by atoms with Gasteiger partial charge in [-0.05, 0) is 59.7 Å². The second kappa shape index (κ2) is 5.74. The molecule has 2 rings (SSSR count). The molecular formula is C14H26N2OS. The van der Waals surface area contributed by atoms with E-state index in [-0.39, 0.29) is 0 Å². The van der Waals surface area contributed by atoms with Gasteiger partial charge in [-0.2, -0.15) is 0 Å². The zero-order chi connectivity index (χ0) is 13.2. The largest absolute Gasteiger partial charge is 0.306 e. The lowest BCUT2D eigenvalue weighted by atomic mass is 10.1. The summed E-state index contributed by atoms with van der Waals surface area (Å²) in [6.45, 7) is 6.55. The molecule has 1 fully saturated rings. The van der Waals surface area contributed by atoms with E-state index in [1.54, 1.807) is 0 Å². The van der Waals surface area contributed by atoms with E-state index >= 15 is 0 Å². The van der Waals surface area contributed by atoms with E-state index in [1.807, 2.05) is 0 Å². The smallest absolute Gasteiger partial charge is 0.0618 e. The van der Waals surface area contributed by atoms with Crippen molar-refractivity contribution < 1.29 is 4.21 Å². The molecule has 0 aromatic carbocycles. The van der Waals surface area contributed by atoms with Crippen molar-refractivity contribution >= 4 is 9.73 Å². The van der Waals surface area contributed by atoms with Gasteiger partial charge in [0.1, 0.15) is 0 Å². The Balaban J connectivity index is 2.06. The normalized spacial score (nSPS) is 27.1. The maximum absolute atomic E-state index is 12.9. The lowest BCUT2D eigenvalue weighted by Gasteiger charge is -2.27. The maximum atomic E-state index is 12.9. The first-order valence-electron chi connectivity index (χ1n) is 7.04. The van der Waals surface area contributed by atoms with Gasteiger partial charge in [0.15, 0.2) is 0 Å². The summed E-state index contributed by atoms with van der Waals surface area (Å²) in [4.78, 5) is 2.34. The topological polar surface area (TPSA) is 32.7 Å². The van der Waals surface area contributed by atoms with Crippen LogP contribution >= 0.6 is 0 Å². The molecule has 0 bridgehead atoms. The molecule has 0 unspecified atom stereocenters. The van der Waals surface area contributed by atoms with Crippen LogP contribution < -0.4 is 0 Å². The third-order valence-electron chi connectivity index (χ3n) is 4.35. The van der Waals surface area contributed by atoms with Crippen molar-refractivity contribution in [3.63, 3.8) is 0 Å². The molecule has 0 aromatic rings. The fourth-order valence-electron chi connectivity index (χ4n) is 2.63. The van der Waals surface area contributed by atoms with E-state index in [2.05, 4.69) is 25.8 Å². The van der Waals surface area contributed by atoms with Crippen LogP contribution in [0.15, 0.2) is 15.5 Å². The highest BCUT2D eigenvalue weighted by molar-refractivity contribution is 7.93. The van der Waals surface area contributed by atoms with Crippen molar-refractivity contribution in [2.75, 3.05) is 31.6 Å². The van der Waals surface area contributed by atoms with Gasteiger partial charge in [-0.1, -0.05) is 11.1 Å². The average molecular weight is 270 g/mol. The summed E-state index contributed by atoms with van der Waals surface area (Å²) in [6.07, 6.45) is 4.11. The van der Waals surface area contributed by atoms with E-state index in [4.69, 9.17) is 4.36 Å². The average Bonchev–Trinajstić information content (AvgIpc) is 2.47. The first-order valence-corrected chi connectivity index (χ1v) is 8.89. The lowest BCUT2D eigenvalue weighted by molar-refractivity contribution is 0.258. The van der Waals surface area contributed by atoms with Crippen LogP contribution in [0.2, 0.25) is 0 Å². The molecule has 18 heavy (non-hydrogen) atoms. The molecule has 3 nitrogen and oxygen atoms in total. The minimum absolute atomic E-state index is 0.340.